The van der Waals surface area contributed by atoms with Crippen LogP contribution in [0.1, 0.15) is 98.5 Å². The highest BCUT2D eigenvalue weighted by Gasteiger charge is 2.34. The van der Waals surface area contributed by atoms with Gasteiger partial charge in [0.1, 0.15) is 0 Å². The zero-order valence-electron chi connectivity index (χ0n) is 20.9. The van der Waals surface area contributed by atoms with Crippen LogP contribution in [-0.2, 0) is 14.9 Å². The Bertz CT molecular complexity index is 1220. The maximum atomic E-state index is 15.1. The number of rotatable bonds is 9. The number of hydrogen-bond acceptors (Lipinski definition) is 5. The van der Waals surface area contributed by atoms with Crippen molar-refractivity contribution in [2.24, 2.45) is 0 Å². The van der Waals surface area contributed by atoms with Crippen LogP contribution in [0.25, 0.3) is 0 Å². The standard InChI is InChI=1S/C26H30F4O5S2/c1-4-9-14(5-2)17-12-16(26(31)35-3)13-18(15-10-7-6-8-11-15)23(17)36-24-19(27)21(29)25(37(32,33)34)22(30)20(24)28/h12-15H,4-11H2,1-3H3,(H,32,33,34). The predicted molar refractivity (Wildman–Crippen MR) is 132 cm³/mol. The summed E-state index contributed by atoms with van der Waals surface area (Å²) in [6.07, 6.45) is 6.46. The first-order chi connectivity index (χ1) is 17.5. The van der Waals surface area contributed by atoms with E-state index in [4.69, 9.17) is 9.29 Å². The first-order valence-electron chi connectivity index (χ1n) is 12.2. The van der Waals surface area contributed by atoms with Gasteiger partial charge >= 0.3 is 16.1 Å². The molecule has 1 atom stereocenters. The highest BCUT2D eigenvalue weighted by atomic mass is 32.2. The molecule has 1 fully saturated rings. The lowest BCUT2D eigenvalue weighted by Crippen LogP contribution is -2.14. The first kappa shape index (κ1) is 29.4. The molecule has 1 aliphatic carbocycles. The Balaban J connectivity index is 2.33. The number of carbonyl (C=O) groups is 1. The smallest absolute Gasteiger partial charge is 0.337 e. The number of carbonyl (C=O) groups excluding carboxylic acids is 1. The van der Waals surface area contributed by atoms with Crippen LogP contribution in [0, 0.1) is 23.3 Å². The van der Waals surface area contributed by atoms with Crippen molar-refractivity contribution in [3.8, 4) is 0 Å². The Morgan fingerprint density at radius 2 is 1.62 bits per heavy atom. The van der Waals surface area contributed by atoms with E-state index in [9.17, 15) is 22.0 Å². The van der Waals surface area contributed by atoms with E-state index in [1.54, 1.807) is 12.1 Å². The Morgan fingerprint density at radius 3 is 2.11 bits per heavy atom. The molecule has 2 aromatic carbocycles. The Hall–Kier alpha value is -2.11. The lowest BCUT2D eigenvalue weighted by Gasteiger charge is -2.28. The van der Waals surface area contributed by atoms with Gasteiger partial charge < -0.3 is 4.74 Å². The molecule has 37 heavy (non-hydrogen) atoms. The summed E-state index contributed by atoms with van der Waals surface area (Å²) in [6.45, 7) is 3.90. The third kappa shape index (κ3) is 6.15. The van der Waals surface area contributed by atoms with E-state index >= 15 is 8.78 Å². The molecule has 0 aromatic heterocycles. The van der Waals surface area contributed by atoms with Gasteiger partial charge in [-0.2, -0.15) is 8.42 Å². The van der Waals surface area contributed by atoms with Gasteiger partial charge in [0.25, 0.3) is 0 Å². The minimum absolute atomic E-state index is 0.0587. The van der Waals surface area contributed by atoms with Crippen LogP contribution in [0.15, 0.2) is 26.8 Å². The lowest BCUT2D eigenvalue weighted by atomic mass is 9.81. The van der Waals surface area contributed by atoms with Crippen molar-refractivity contribution in [2.45, 2.75) is 91.7 Å². The summed E-state index contributed by atoms with van der Waals surface area (Å²) in [5, 5.41) is 0. The minimum Gasteiger partial charge on any atom is -0.465 e. The van der Waals surface area contributed by atoms with Crippen molar-refractivity contribution in [3.63, 3.8) is 0 Å². The molecule has 5 nitrogen and oxygen atoms in total. The zero-order valence-corrected chi connectivity index (χ0v) is 22.5. The van der Waals surface area contributed by atoms with Crippen LogP contribution in [0.4, 0.5) is 17.6 Å². The number of ether oxygens (including phenoxy) is 1. The van der Waals surface area contributed by atoms with Crippen molar-refractivity contribution in [3.05, 3.63) is 52.1 Å². The summed E-state index contributed by atoms with van der Waals surface area (Å²) < 4.78 is 96.2. The molecular weight excluding hydrogens is 532 g/mol. The van der Waals surface area contributed by atoms with Crippen molar-refractivity contribution >= 4 is 27.8 Å². The number of halogens is 4. The Labute approximate surface area is 218 Å². The van der Waals surface area contributed by atoms with Gasteiger partial charge in [-0.1, -0.05) is 51.3 Å². The van der Waals surface area contributed by atoms with Crippen LogP contribution in [0.5, 0.6) is 0 Å². The van der Waals surface area contributed by atoms with E-state index in [2.05, 4.69) is 0 Å². The van der Waals surface area contributed by atoms with E-state index in [-0.39, 0.29) is 17.4 Å². The third-order valence-electron chi connectivity index (χ3n) is 6.83. The van der Waals surface area contributed by atoms with Gasteiger partial charge in [-0.3, -0.25) is 4.55 Å². The molecule has 0 amide bonds. The fourth-order valence-electron chi connectivity index (χ4n) is 4.99. The second-order valence-corrected chi connectivity index (χ2v) is 11.6. The second-order valence-electron chi connectivity index (χ2n) is 9.20. The molecular formula is C26H30F4O5S2. The molecule has 0 saturated heterocycles. The number of hydrogen-bond donors (Lipinski definition) is 1. The summed E-state index contributed by atoms with van der Waals surface area (Å²) in [5.41, 5.74) is 1.52. The van der Waals surface area contributed by atoms with Crippen molar-refractivity contribution < 1.29 is 40.1 Å². The quantitative estimate of drug-likeness (QED) is 0.146. The highest BCUT2D eigenvalue weighted by Crippen LogP contribution is 2.47. The third-order valence-corrected chi connectivity index (χ3v) is 8.94. The van der Waals surface area contributed by atoms with Crippen LogP contribution in [0.3, 0.4) is 0 Å². The monoisotopic (exact) mass is 562 g/mol. The van der Waals surface area contributed by atoms with E-state index in [0.717, 1.165) is 38.5 Å². The van der Waals surface area contributed by atoms with Gasteiger partial charge in [0, 0.05) is 4.90 Å². The summed E-state index contributed by atoms with van der Waals surface area (Å²) in [7, 11) is -4.31. The summed E-state index contributed by atoms with van der Waals surface area (Å²) in [6, 6.07) is 3.21. The molecule has 0 heterocycles. The molecule has 3 rings (SSSR count). The van der Waals surface area contributed by atoms with Gasteiger partial charge in [-0.15, -0.1) is 0 Å². The molecule has 0 bridgehead atoms. The molecule has 1 saturated carbocycles. The van der Waals surface area contributed by atoms with Crippen LogP contribution < -0.4 is 0 Å². The minimum atomic E-state index is -5.57. The first-order valence-corrected chi connectivity index (χ1v) is 14.5. The van der Waals surface area contributed by atoms with Gasteiger partial charge in [0.05, 0.1) is 17.6 Å². The molecule has 0 spiro atoms. The maximum Gasteiger partial charge on any atom is 0.337 e. The molecule has 204 valence electrons. The lowest BCUT2D eigenvalue weighted by molar-refractivity contribution is 0.0600. The molecule has 1 unspecified atom stereocenters. The van der Waals surface area contributed by atoms with Crippen molar-refractivity contribution in [1.82, 2.24) is 0 Å². The van der Waals surface area contributed by atoms with Gasteiger partial charge in [-0.05, 0) is 60.8 Å². The average molecular weight is 563 g/mol. The SMILES string of the molecule is CCCC(CC)c1cc(C(=O)OC)cc(C2CCCCC2)c1Sc1c(F)c(F)c(S(=O)(=O)O)c(F)c1F. The Kier molecular flexibility index (Phi) is 9.68. The molecule has 2 aromatic rings. The predicted octanol–water partition coefficient (Wildman–Crippen LogP) is 7.77. The molecule has 1 N–H and O–H groups in total. The number of methoxy groups -OCH3 is 1. The van der Waals surface area contributed by atoms with E-state index in [0.29, 0.717) is 40.6 Å². The highest BCUT2D eigenvalue weighted by molar-refractivity contribution is 7.99. The largest absolute Gasteiger partial charge is 0.465 e. The normalized spacial score (nSPS) is 15.6. The van der Waals surface area contributed by atoms with Crippen molar-refractivity contribution in [1.29, 1.82) is 0 Å². The van der Waals surface area contributed by atoms with Crippen LogP contribution >= 0.6 is 11.8 Å². The van der Waals surface area contributed by atoms with Gasteiger partial charge in [-0.25, -0.2) is 22.4 Å². The molecule has 11 heteroatoms. The molecule has 0 aliphatic heterocycles. The van der Waals surface area contributed by atoms with Crippen molar-refractivity contribution in [2.75, 3.05) is 7.11 Å². The fraction of sp³-hybridized carbons (Fsp3) is 0.500. The summed E-state index contributed by atoms with van der Waals surface area (Å²) in [4.78, 5) is 9.80. The molecule has 0 radical (unpaired) electrons. The van der Waals surface area contributed by atoms with E-state index < -0.39 is 49.1 Å². The second kappa shape index (κ2) is 12.2. The summed E-state index contributed by atoms with van der Waals surface area (Å²) in [5.74, 6) is -9.00. The van der Waals surface area contributed by atoms with Crippen LogP contribution in [0.2, 0.25) is 0 Å². The number of esters is 1. The molecule has 1 aliphatic rings. The van der Waals surface area contributed by atoms with E-state index in [1.807, 2.05) is 13.8 Å². The zero-order chi connectivity index (χ0) is 27.5. The van der Waals surface area contributed by atoms with Crippen LogP contribution in [-0.4, -0.2) is 26.0 Å². The van der Waals surface area contributed by atoms with Gasteiger partial charge in [0.2, 0.25) is 0 Å². The Morgan fingerprint density at radius 1 is 1.03 bits per heavy atom. The topological polar surface area (TPSA) is 80.7 Å². The maximum absolute atomic E-state index is 15.1. The average Bonchev–Trinajstić information content (AvgIpc) is 2.87. The van der Waals surface area contributed by atoms with Gasteiger partial charge in [0.15, 0.2) is 28.2 Å². The summed E-state index contributed by atoms with van der Waals surface area (Å²) >= 11 is 0.474. The van der Waals surface area contributed by atoms with E-state index in [1.165, 1.54) is 7.11 Å². The fourth-order valence-corrected chi connectivity index (χ4v) is 6.87. The number of benzene rings is 2.